The zero-order valence-corrected chi connectivity index (χ0v) is 10.1. The van der Waals surface area contributed by atoms with Crippen molar-refractivity contribution in [2.45, 2.75) is 25.3 Å². The van der Waals surface area contributed by atoms with Crippen LogP contribution in [-0.2, 0) is 9.53 Å². The van der Waals surface area contributed by atoms with Crippen LogP contribution in [-0.4, -0.2) is 56.7 Å². The Morgan fingerprint density at radius 2 is 2.19 bits per heavy atom. The van der Waals surface area contributed by atoms with Crippen molar-refractivity contribution >= 4 is 5.91 Å². The van der Waals surface area contributed by atoms with Crippen LogP contribution in [0.15, 0.2) is 0 Å². The van der Waals surface area contributed by atoms with E-state index in [0.29, 0.717) is 19.1 Å². The fourth-order valence-electron chi connectivity index (χ4n) is 1.80. The van der Waals surface area contributed by atoms with Crippen LogP contribution in [0.1, 0.15) is 19.3 Å². The first-order valence-electron chi connectivity index (χ1n) is 5.98. The number of hydrogen-bond donors (Lipinski definition) is 2. The summed E-state index contributed by atoms with van der Waals surface area (Å²) in [6, 6.07) is 0.296. The summed E-state index contributed by atoms with van der Waals surface area (Å²) in [7, 11) is 1.94. The summed E-state index contributed by atoms with van der Waals surface area (Å²) in [5.41, 5.74) is 5.42. The molecule has 5 nitrogen and oxygen atoms in total. The number of amides is 1. The quantitative estimate of drug-likeness (QED) is 0.648. The fraction of sp³-hybridized carbons (Fsp3) is 0.909. The highest BCUT2D eigenvalue weighted by molar-refractivity contribution is 5.78. The van der Waals surface area contributed by atoms with Gasteiger partial charge in [0.2, 0.25) is 5.91 Å². The van der Waals surface area contributed by atoms with Crippen LogP contribution in [0, 0.1) is 0 Å². The van der Waals surface area contributed by atoms with Crippen molar-refractivity contribution in [1.82, 2.24) is 10.2 Å². The van der Waals surface area contributed by atoms with Crippen LogP contribution in [0.25, 0.3) is 0 Å². The molecule has 94 valence electrons. The van der Waals surface area contributed by atoms with Crippen LogP contribution in [0.5, 0.6) is 0 Å². The van der Waals surface area contributed by atoms with Gasteiger partial charge in [0.15, 0.2) is 0 Å². The molecule has 0 saturated carbocycles. The Morgan fingerprint density at radius 3 is 2.81 bits per heavy atom. The second-order valence-corrected chi connectivity index (χ2v) is 4.33. The largest absolute Gasteiger partial charge is 0.381 e. The van der Waals surface area contributed by atoms with Crippen molar-refractivity contribution in [2.24, 2.45) is 5.73 Å². The Hall–Kier alpha value is -0.650. The van der Waals surface area contributed by atoms with Gasteiger partial charge in [-0.3, -0.25) is 9.69 Å². The molecule has 1 aliphatic rings. The minimum Gasteiger partial charge on any atom is -0.381 e. The topological polar surface area (TPSA) is 67.6 Å². The molecule has 1 saturated heterocycles. The lowest BCUT2D eigenvalue weighted by Crippen LogP contribution is -2.43. The van der Waals surface area contributed by atoms with Gasteiger partial charge in [0, 0.05) is 19.3 Å². The van der Waals surface area contributed by atoms with E-state index in [1.807, 2.05) is 11.9 Å². The molecule has 1 amide bonds. The third-order valence-electron chi connectivity index (χ3n) is 2.74. The lowest BCUT2D eigenvalue weighted by molar-refractivity contribution is -0.123. The first kappa shape index (κ1) is 13.4. The zero-order chi connectivity index (χ0) is 11.8. The minimum atomic E-state index is 0.103. The van der Waals surface area contributed by atoms with Gasteiger partial charge >= 0.3 is 0 Å². The molecule has 0 radical (unpaired) electrons. The number of hydrogen-bond acceptors (Lipinski definition) is 4. The van der Waals surface area contributed by atoms with Crippen molar-refractivity contribution in [2.75, 3.05) is 39.9 Å². The minimum absolute atomic E-state index is 0.103. The molecule has 1 aliphatic heterocycles. The molecule has 1 fully saturated rings. The van der Waals surface area contributed by atoms with Crippen molar-refractivity contribution < 1.29 is 9.53 Å². The Kier molecular flexibility index (Phi) is 6.37. The number of likely N-dealkylation sites (N-methyl/N-ethyl adjacent to an activating group) is 1. The molecule has 0 aromatic heterocycles. The zero-order valence-electron chi connectivity index (χ0n) is 10.1. The summed E-state index contributed by atoms with van der Waals surface area (Å²) >= 11 is 0. The number of nitrogens with zero attached hydrogens (tertiary/aromatic N) is 1. The van der Waals surface area contributed by atoms with Crippen LogP contribution in [0.4, 0.5) is 0 Å². The first-order chi connectivity index (χ1) is 7.72. The Balaban J connectivity index is 2.13. The predicted octanol–water partition coefficient (Wildman–Crippen LogP) is -0.438. The Labute approximate surface area is 97.3 Å². The van der Waals surface area contributed by atoms with E-state index in [9.17, 15) is 4.79 Å². The summed E-state index contributed by atoms with van der Waals surface area (Å²) in [5.74, 6) is 0.103. The molecule has 0 bridgehead atoms. The second kappa shape index (κ2) is 7.60. The maximum atomic E-state index is 11.7. The van der Waals surface area contributed by atoms with E-state index in [1.54, 1.807) is 0 Å². The van der Waals surface area contributed by atoms with Crippen molar-refractivity contribution in [3.05, 3.63) is 0 Å². The molecule has 1 heterocycles. The summed E-state index contributed by atoms with van der Waals surface area (Å²) in [4.78, 5) is 13.7. The third kappa shape index (κ3) is 5.44. The summed E-state index contributed by atoms with van der Waals surface area (Å²) < 4.78 is 5.24. The summed E-state index contributed by atoms with van der Waals surface area (Å²) in [5, 5.41) is 3.03. The second-order valence-electron chi connectivity index (χ2n) is 4.33. The highest BCUT2D eigenvalue weighted by Crippen LogP contribution is 2.05. The third-order valence-corrected chi connectivity index (χ3v) is 2.74. The SMILES string of the molecule is CN(CCCN)CC(=O)NC1CCOCC1. The van der Waals surface area contributed by atoms with E-state index < -0.39 is 0 Å². The molecule has 5 heteroatoms. The number of carbonyl (C=O) groups is 1. The van der Waals surface area contributed by atoms with E-state index in [4.69, 9.17) is 10.5 Å². The van der Waals surface area contributed by atoms with Gasteiger partial charge in [0.05, 0.1) is 6.54 Å². The van der Waals surface area contributed by atoms with Crippen molar-refractivity contribution in [1.29, 1.82) is 0 Å². The van der Waals surface area contributed by atoms with Gasteiger partial charge in [-0.1, -0.05) is 0 Å². The first-order valence-corrected chi connectivity index (χ1v) is 5.98. The molecule has 16 heavy (non-hydrogen) atoms. The average molecular weight is 229 g/mol. The Morgan fingerprint density at radius 1 is 1.50 bits per heavy atom. The Bertz CT molecular complexity index is 205. The standard InChI is InChI=1S/C11H23N3O2/c1-14(6-2-5-12)9-11(15)13-10-3-7-16-8-4-10/h10H,2-9,12H2,1H3,(H,13,15). The summed E-state index contributed by atoms with van der Waals surface area (Å²) in [6.45, 7) is 3.52. The number of carbonyl (C=O) groups excluding carboxylic acids is 1. The van der Waals surface area contributed by atoms with E-state index in [2.05, 4.69) is 5.32 Å². The van der Waals surface area contributed by atoms with Gasteiger partial charge in [-0.2, -0.15) is 0 Å². The lowest BCUT2D eigenvalue weighted by atomic mass is 10.1. The lowest BCUT2D eigenvalue weighted by Gasteiger charge is -2.24. The van der Waals surface area contributed by atoms with E-state index >= 15 is 0 Å². The van der Waals surface area contributed by atoms with E-state index in [-0.39, 0.29) is 5.91 Å². The van der Waals surface area contributed by atoms with Crippen LogP contribution >= 0.6 is 0 Å². The monoisotopic (exact) mass is 229 g/mol. The highest BCUT2D eigenvalue weighted by atomic mass is 16.5. The maximum absolute atomic E-state index is 11.7. The molecule has 1 rings (SSSR count). The van der Waals surface area contributed by atoms with Gasteiger partial charge in [0.1, 0.15) is 0 Å². The molecule has 3 N–H and O–H groups in total. The van der Waals surface area contributed by atoms with Gasteiger partial charge in [-0.05, 0) is 39.4 Å². The van der Waals surface area contributed by atoms with Gasteiger partial charge < -0.3 is 15.8 Å². The smallest absolute Gasteiger partial charge is 0.234 e. The summed E-state index contributed by atoms with van der Waals surface area (Å²) in [6.07, 6.45) is 2.79. The number of nitrogens with one attached hydrogen (secondary N) is 1. The van der Waals surface area contributed by atoms with Gasteiger partial charge in [-0.15, -0.1) is 0 Å². The molecule has 0 aromatic rings. The molecule has 0 unspecified atom stereocenters. The highest BCUT2D eigenvalue weighted by Gasteiger charge is 2.16. The average Bonchev–Trinajstić information content (AvgIpc) is 2.27. The van der Waals surface area contributed by atoms with E-state index in [0.717, 1.165) is 39.0 Å². The van der Waals surface area contributed by atoms with Gasteiger partial charge in [-0.25, -0.2) is 0 Å². The maximum Gasteiger partial charge on any atom is 0.234 e. The number of nitrogens with two attached hydrogens (primary N) is 1. The van der Waals surface area contributed by atoms with Crippen LogP contribution in [0.3, 0.4) is 0 Å². The predicted molar refractivity (Wildman–Crippen MR) is 63.2 cm³/mol. The van der Waals surface area contributed by atoms with Crippen molar-refractivity contribution in [3.8, 4) is 0 Å². The molecule has 0 aromatic carbocycles. The number of rotatable bonds is 6. The molecular formula is C11H23N3O2. The molecule has 0 atom stereocenters. The fourth-order valence-corrected chi connectivity index (χ4v) is 1.80. The van der Waals surface area contributed by atoms with Gasteiger partial charge in [0.25, 0.3) is 0 Å². The normalized spacial score (nSPS) is 17.7. The molecule has 0 spiro atoms. The van der Waals surface area contributed by atoms with E-state index in [1.165, 1.54) is 0 Å². The van der Waals surface area contributed by atoms with Crippen molar-refractivity contribution in [3.63, 3.8) is 0 Å². The number of ether oxygens (including phenoxy) is 1. The van der Waals surface area contributed by atoms with Crippen LogP contribution in [0.2, 0.25) is 0 Å². The van der Waals surface area contributed by atoms with Crippen LogP contribution < -0.4 is 11.1 Å². The molecular weight excluding hydrogens is 206 g/mol. The molecule has 0 aliphatic carbocycles.